The van der Waals surface area contributed by atoms with E-state index in [1.807, 2.05) is 11.0 Å². The molecule has 6 heteroatoms. The van der Waals surface area contributed by atoms with Crippen LogP contribution in [0.2, 0.25) is 0 Å². The SMILES string of the molecule is O=C(c1cc(CN2CCc3ccccc3C2)on1)N1CC[C@H]2CC[C@@H](C1)N2. The summed E-state index contributed by atoms with van der Waals surface area (Å²) in [6.45, 7) is 4.20. The van der Waals surface area contributed by atoms with Crippen molar-refractivity contribution in [3.05, 3.63) is 52.9 Å². The van der Waals surface area contributed by atoms with E-state index in [-0.39, 0.29) is 5.91 Å². The molecule has 6 nitrogen and oxygen atoms in total. The fourth-order valence-electron chi connectivity index (χ4n) is 4.69. The molecular weight excluding hydrogens is 340 g/mol. The monoisotopic (exact) mass is 366 g/mol. The topological polar surface area (TPSA) is 61.6 Å². The fourth-order valence-corrected chi connectivity index (χ4v) is 4.69. The van der Waals surface area contributed by atoms with Crippen molar-refractivity contribution in [2.24, 2.45) is 0 Å². The van der Waals surface area contributed by atoms with E-state index >= 15 is 0 Å². The minimum Gasteiger partial charge on any atom is -0.359 e. The number of nitrogens with zero attached hydrogens (tertiary/aromatic N) is 3. The van der Waals surface area contributed by atoms with Crippen LogP contribution >= 0.6 is 0 Å². The van der Waals surface area contributed by atoms with Gasteiger partial charge in [-0.05, 0) is 36.8 Å². The van der Waals surface area contributed by atoms with E-state index in [0.717, 1.165) is 51.2 Å². The largest absolute Gasteiger partial charge is 0.359 e. The molecular formula is C21H26N4O2. The highest BCUT2D eigenvalue weighted by atomic mass is 16.5. The van der Waals surface area contributed by atoms with Gasteiger partial charge in [-0.3, -0.25) is 9.69 Å². The summed E-state index contributed by atoms with van der Waals surface area (Å²) < 4.78 is 5.51. The predicted octanol–water partition coefficient (Wildman–Crippen LogP) is 2.20. The number of fused-ring (bicyclic) bond motifs is 3. The Bertz CT molecular complexity index is 833. The molecule has 142 valence electrons. The van der Waals surface area contributed by atoms with Crippen LogP contribution in [-0.4, -0.2) is 52.6 Å². The Morgan fingerprint density at radius 3 is 2.93 bits per heavy atom. The van der Waals surface area contributed by atoms with Gasteiger partial charge in [-0.2, -0.15) is 0 Å². The summed E-state index contributed by atoms with van der Waals surface area (Å²) in [5.74, 6) is 0.774. The molecule has 1 N–H and O–H groups in total. The molecule has 2 fully saturated rings. The molecule has 5 rings (SSSR count). The number of carbonyl (C=O) groups excluding carboxylic acids is 1. The third-order valence-electron chi connectivity index (χ3n) is 6.18. The van der Waals surface area contributed by atoms with Crippen LogP contribution in [0.5, 0.6) is 0 Å². The second-order valence-corrected chi connectivity index (χ2v) is 8.09. The Morgan fingerprint density at radius 2 is 2.00 bits per heavy atom. The summed E-state index contributed by atoms with van der Waals surface area (Å²) in [5, 5.41) is 7.69. The number of aromatic nitrogens is 1. The molecule has 3 aliphatic heterocycles. The van der Waals surface area contributed by atoms with Crippen LogP contribution < -0.4 is 5.32 Å². The number of hydrogen-bond acceptors (Lipinski definition) is 5. The average molecular weight is 366 g/mol. The lowest BCUT2D eigenvalue weighted by Crippen LogP contribution is -2.39. The van der Waals surface area contributed by atoms with Crippen molar-refractivity contribution < 1.29 is 9.32 Å². The van der Waals surface area contributed by atoms with Crippen molar-refractivity contribution in [2.75, 3.05) is 19.6 Å². The van der Waals surface area contributed by atoms with E-state index in [4.69, 9.17) is 4.52 Å². The third-order valence-corrected chi connectivity index (χ3v) is 6.18. The first kappa shape index (κ1) is 17.0. The van der Waals surface area contributed by atoms with Crippen LogP contribution in [0, 0.1) is 0 Å². The molecule has 0 spiro atoms. The molecule has 1 amide bonds. The Kier molecular flexibility index (Phi) is 4.45. The smallest absolute Gasteiger partial charge is 0.276 e. The molecule has 0 saturated carbocycles. The van der Waals surface area contributed by atoms with Gasteiger partial charge in [0.25, 0.3) is 5.91 Å². The minimum atomic E-state index is 0.00309. The van der Waals surface area contributed by atoms with E-state index in [0.29, 0.717) is 24.3 Å². The van der Waals surface area contributed by atoms with Crippen LogP contribution in [-0.2, 0) is 19.5 Å². The fraction of sp³-hybridized carbons (Fsp3) is 0.524. The Morgan fingerprint density at radius 1 is 1.15 bits per heavy atom. The van der Waals surface area contributed by atoms with Crippen LogP contribution in [0.3, 0.4) is 0 Å². The number of benzene rings is 1. The van der Waals surface area contributed by atoms with Crippen molar-refractivity contribution in [1.29, 1.82) is 0 Å². The Balaban J connectivity index is 1.23. The van der Waals surface area contributed by atoms with E-state index in [9.17, 15) is 4.79 Å². The summed E-state index contributed by atoms with van der Waals surface area (Å²) in [4.78, 5) is 17.2. The zero-order chi connectivity index (χ0) is 18.2. The second kappa shape index (κ2) is 7.09. The zero-order valence-corrected chi connectivity index (χ0v) is 15.6. The van der Waals surface area contributed by atoms with E-state index in [1.165, 1.54) is 17.5 Å². The van der Waals surface area contributed by atoms with Gasteiger partial charge in [0, 0.05) is 44.3 Å². The van der Waals surface area contributed by atoms with Gasteiger partial charge in [0.05, 0.1) is 6.54 Å². The number of amides is 1. The highest BCUT2D eigenvalue weighted by molar-refractivity contribution is 5.92. The number of hydrogen-bond donors (Lipinski definition) is 1. The molecule has 2 aromatic rings. The molecule has 27 heavy (non-hydrogen) atoms. The molecule has 3 aliphatic rings. The number of likely N-dealkylation sites (tertiary alicyclic amines) is 1. The van der Waals surface area contributed by atoms with Crippen molar-refractivity contribution in [3.8, 4) is 0 Å². The van der Waals surface area contributed by atoms with Gasteiger partial charge in [-0.1, -0.05) is 29.4 Å². The van der Waals surface area contributed by atoms with Gasteiger partial charge in [-0.25, -0.2) is 0 Å². The average Bonchev–Trinajstić information content (AvgIpc) is 3.27. The lowest BCUT2D eigenvalue weighted by Gasteiger charge is -2.27. The number of rotatable bonds is 3. The van der Waals surface area contributed by atoms with Gasteiger partial charge in [0.1, 0.15) is 0 Å². The van der Waals surface area contributed by atoms with Crippen LogP contribution in [0.4, 0.5) is 0 Å². The zero-order valence-electron chi connectivity index (χ0n) is 15.6. The van der Waals surface area contributed by atoms with Crippen LogP contribution in [0.15, 0.2) is 34.9 Å². The lowest BCUT2D eigenvalue weighted by molar-refractivity contribution is 0.0737. The quantitative estimate of drug-likeness (QED) is 0.902. The first-order valence-electron chi connectivity index (χ1n) is 10.0. The summed E-state index contributed by atoms with van der Waals surface area (Å²) >= 11 is 0. The molecule has 0 aliphatic carbocycles. The second-order valence-electron chi connectivity index (χ2n) is 8.09. The molecule has 4 heterocycles. The first-order valence-corrected chi connectivity index (χ1v) is 10.0. The summed E-state index contributed by atoms with van der Waals surface area (Å²) in [6, 6.07) is 11.4. The first-order chi connectivity index (χ1) is 13.2. The van der Waals surface area contributed by atoms with Crippen molar-refractivity contribution in [2.45, 2.75) is 50.9 Å². The molecule has 0 radical (unpaired) electrons. The summed E-state index contributed by atoms with van der Waals surface area (Å²) in [7, 11) is 0. The molecule has 2 atom stereocenters. The van der Waals surface area contributed by atoms with Gasteiger partial charge < -0.3 is 14.7 Å². The maximum atomic E-state index is 12.9. The highest BCUT2D eigenvalue weighted by Crippen LogP contribution is 2.23. The normalized spacial score (nSPS) is 25.3. The van der Waals surface area contributed by atoms with Gasteiger partial charge >= 0.3 is 0 Å². The van der Waals surface area contributed by atoms with E-state index in [1.54, 1.807) is 0 Å². The minimum absolute atomic E-state index is 0.00309. The Hall–Kier alpha value is -2.18. The Labute approximate surface area is 159 Å². The van der Waals surface area contributed by atoms with Gasteiger partial charge in [0.2, 0.25) is 0 Å². The van der Waals surface area contributed by atoms with Crippen LogP contribution in [0.1, 0.15) is 46.6 Å². The van der Waals surface area contributed by atoms with E-state index in [2.05, 4.69) is 39.6 Å². The molecule has 1 aromatic heterocycles. The van der Waals surface area contributed by atoms with Crippen molar-refractivity contribution in [3.63, 3.8) is 0 Å². The standard InChI is InChI=1S/C21H26N4O2/c26-21(25-10-8-17-5-6-18(13-25)22-17)20-11-19(27-23-20)14-24-9-7-15-3-1-2-4-16(15)12-24/h1-4,11,17-18,22H,5-10,12-14H2/t17-,18+/m1/s1. The van der Waals surface area contributed by atoms with Crippen molar-refractivity contribution >= 4 is 5.91 Å². The van der Waals surface area contributed by atoms with E-state index < -0.39 is 0 Å². The molecule has 1 aromatic carbocycles. The van der Waals surface area contributed by atoms with Gasteiger partial charge in [0.15, 0.2) is 11.5 Å². The highest BCUT2D eigenvalue weighted by Gasteiger charge is 2.32. The van der Waals surface area contributed by atoms with Crippen molar-refractivity contribution in [1.82, 2.24) is 20.3 Å². The lowest BCUT2D eigenvalue weighted by atomic mass is 10.00. The number of nitrogens with one attached hydrogen (secondary N) is 1. The summed E-state index contributed by atoms with van der Waals surface area (Å²) in [5.41, 5.74) is 3.26. The van der Waals surface area contributed by atoms with Gasteiger partial charge in [-0.15, -0.1) is 0 Å². The van der Waals surface area contributed by atoms with Crippen LogP contribution in [0.25, 0.3) is 0 Å². The predicted molar refractivity (Wildman–Crippen MR) is 101 cm³/mol. The molecule has 2 saturated heterocycles. The molecule has 2 bridgehead atoms. The maximum absolute atomic E-state index is 12.9. The summed E-state index contributed by atoms with van der Waals surface area (Å²) in [6.07, 6.45) is 4.48. The maximum Gasteiger partial charge on any atom is 0.276 e. The third kappa shape index (κ3) is 3.51. The molecule has 0 unspecified atom stereocenters. The number of carbonyl (C=O) groups is 1.